The number of ether oxygens (including phenoxy) is 2. The zero-order chi connectivity index (χ0) is 21.0. The zero-order valence-corrected chi connectivity index (χ0v) is 18.5. The first-order chi connectivity index (χ1) is 13.9. The molecule has 8 nitrogen and oxygen atoms in total. The van der Waals surface area contributed by atoms with Gasteiger partial charge in [0.15, 0.2) is 0 Å². The number of nitrogens with one attached hydrogen (secondary N) is 3. The second kappa shape index (κ2) is 11.4. The number of H-pyrrole nitrogens is 1. The number of esters is 1. The second-order valence-corrected chi connectivity index (χ2v) is 6.53. The SMILES string of the molecule is COCCOC(=O)Cc1c(-c2ccc(C(=N)N)cc2)[nH]c2cc(C(=N)N)ccc12.Cl.Cl. The van der Waals surface area contributed by atoms with Gasteiger partial charge >= 0.3 is 5.97 Å². The van der Waals surface area contributed by atoms with E-state index in [1.165, 1.54) is 0 Å². The first kappa shape index (κ1) is 26.0. The van der Waals surface area contributed by atoms with Crippen molar-refractivity contribution in [3.05, 3.63) is 59.2 Å². The van der Waals surface area contributed by atoms with Gasteiger partial charge in [-0.1, -0.05) is 36.4 Å². The number of nitrogen functional groups attached to an aromatic ring is 2. The third kappa shape index (κ3) is 5.97. The molecule has 10 heteroatoms. The van der Waals surface area contributed by atoms with E-state index in [9.17, 15) is 4.79 Å². The van der Waals surface area contributed by atoms with Crippen LogP contribution in [0.1, 0.15) is 16.7 Å². The Kier molecular flexibility index (Phi) is 9.51. The summed E-state index contributed by atoms with van der Waals surface area (Å²) < 4.78 is 10.1. The van der Waals surface area contributed by atoms with E-state index in [0.717, 1.165) is 27.7 Å². The van der Waals surface area contributed by atoms with E-state index in [1.807, 2.05) is 18.2 Å². The summed E-state index contributed by atoms with van der Waals surface area (Å²) in [6.45, 7) is 0.524. The van der Waals surface area contributed by atoms with Gasteiger partial charge in [-0.25, -0.2) is 0 Å². The van der Waals surface area contributed by atoms with Crippen LogP contribution in [0.3, 0.4) is 0 Å². The average Bonchev–Trinajstić information content (AvgIpc) is 3.05. The van der Waals surface area contributed by atoms with Crippen LogP contribution in [0.5, 0.6) is 0 Å². The number of amidine groups is 2. The van der Waals surface area contributed by atoms with E-state index in [-0.39, 0.29) is 55.5 Å². The molecule has 1 heterocycles. The highest BCUT2D eigenvalue weighted by molar-refractivity contribution is 6.01. The first-order valence-corrected chi connectivity index (χ1v) is 8.99. The molecule has 0 spiro atoms. The number of hydrogen-bond acceptors (Lipinski definition) is 5. The van der Waals surface area contributed by atoms with Crippen molar-refractivity contribution >= 4 is 53.4 Å². The summed E-state index contributed by atoms with van der Waals surface area (Å²) in [5.41, 5.74) is 15.5. The smallest absolute Gasteiger partial charge is 0.310 e. The van der Waals surface area contributed by atoms with E-state index < -0.39 is 0 Å². The first-order valence-electron chi connectivity index (χ1n) is 8.99. The van der Waals surface area contributed by atoms with Gasteiger partial charge in [0.25, 0.3) is 0 Å². The maximum absolute atomic E-state index is 12.3. The molecule has 1 aromatic heterocycles. The Morgan fingerprint density at radius 1 is 0.968 bits per heavy atom. The van der Waals surface area contributed by atoms with Crippen LogP contribution < -0.4 is 11.5 Å². The Labute approximate surface area is 192 Å². The number of aromatic nitrogens is 1. The standard InChI is InChI=1S/C21H23N5O3.2ClH/c1-28-8-9-29-18(27)11-16-15-7-6-14(21(24)25)10-17(15)26-19(16)12-2-4-13(5-3-12)20(22)23;;/h2-7,10,26H,8-9,11H2,1H3,(H3,22,23)(H3,24,25);2*1H. The monoisotopic (exact) mass is 465 g/mol. The van der Waals surface area contributed by atoms with Gasteiger partial charge in [0.2, 0.25) is 0 Å². The summed E-state index contributed by atoms with van der Waals surface area (Å²) >= 11 is 0. The lowest BCUT2D eigenvalue weighted by molar-refractivity contribution is -0.144. The molecule has 31 heavy (non-hydrogen) atoms. The fourth-order valence-electron chi connectivity index (χ4n) is 3.10. The molecule has 0 bridgehead atoms. The number of carbonyl (C=O) groups excluding carboxylic acids is 1. The summed E-state index contributed by atoms with van der Waals surface area (Å²) in [7, 11) is 1.54. The normalized spacial score (nSPS) is 10.1. The number of benzene rings is 2. The number of halogens is 2. The fourth-order valence-corrected chi connectivity index (χ4v) is 3.10. The van der Waals surface area contributed by atoms with Gasteiger partial charge in [-0.3, -0.25) is 15.6 Å². The van der Waals surface area contributed by atoms with E-state index in [2.05, 4.69) is 4.98 Å². The van der Waals surface area contributed by atoms with Gasteiger partial charge in [0.1, 0.15) is 18.3 Å². The lowest BCUT2D eigenvalue weighted by Crippen LogP contribution is -2.12. The highest BCUT2D eigenvalue weighted by Gasteiger charge is 2.18. The van der Waals surface area contributed by atoms with Gasteiger partial charge in [-0.2, -0.15) is 0 Å². The molecule has 3 aromatic rings. The molecule has 0 aliphatic carbocycles. The number of nitrogens with two attached hydrogens (primary N) is 2. The molecule has 0 unspecified atom stereocenters. The summed E-state index contributed by atoms with van der Waals surface area (Å²) in [6.07, 6.45) is 0.0763. The molecule has 166 valence electrons. The number of carbonyl (C=O) groups is 1. The number of fused-ring (bicyclic) bond motifs is 1. The lowest BCUT2D eigenvalue weighted by atomic mass is 10.0. The van der Waals surface area contributed by atoms with Gasteiger partial charge in [-0.05, 0) is 17.2 Å². The van der Waals surface area contributed by atoms with Crippen molar-refractivity contribution in [3.63, 3.8) is 0 Å². The molecule has 0 aliphatic rings. The van der Waals surface area contributed by atoms with Crippen LogP contribution in [0, 0.1) is 10.8 Å². The minimum Gasteiger partial charge on any atom is -0.463 e. The van der Waals surface area contributed by atoms with Crippen molar-refractivity contribution in [1.82, 2.24) is 4.98 Å². The van der Waals surface area contributed by atoms with Crippen molar-refractivity contribution in [2.75, 3.05) is 20.3 Å². The topological polar surface area (TPSA) is 151 Å². The molecule has 0 saturated heterocycles. The lowest BCUT2D eigenvalue weighted by Gasteiger charge is -2.07. The Morgan fingerprint density at radius 3 is 2.16 bits per heavy atom. The van der Waals surface area contributed by atoms with E-state index in [0.29, 0.717) is 17.7 Å². The van der Waals surface area contributed by atoms with Crippen LogP contribution in [0.4, 0.5) is 0 Å². The highest BCUT2D eigenvalue weighted by Crippen LogP contribution is 2.32. The number of hydrogen-bond donors (Lipinski definition) is 5. The van der Waals surface area contributed by atoms with Crippen molar-refractivity contribution in [2.24, 2.45) is 11.5 Å². The Bertz CT molecular complexity index is 1080. The van der Waals surface area contributed by atoms with Crippen LogP contribution in [-0.4, -0.2) is 42.9 Å². The number of methoxy groups -OCH3 is 1. The fraction of sp³-hybridized carbons (Fsp3) is 0.190. The van der Waals surface area contributed by atoms with Crippen LogP contribution in [-0.2, 0) is 20.7 Å². The van der Waals surface area contributed by atoms with E-state index in [1.54, 1.807) is 31.4 Å². The molecular formula is C21H25Cl2N5O3. The van der Waals surface area contributed by atoms with Crippen LogP contribution in [0.25, 0.3) is 22.2 Å². The third-order valence-corrected chi connectivity index (χ3v) is 4.57. The van der Waals surface area contributed by atoms with Crippen LogP contribution in [0.2, 0.25) is 0 Å². The molecule has 3 rings (SSSR count). The van der Waals surface area contributed by atoms with Crippen molar-refractivity contribution < 1.29 is 14.3 Å². The highest BCUT2D eigenvalue weighted by atomic mass is 35.5. The van der Waals surface area contributed by atoms with E-state index in [4.69, 9.17) is 31.8 Å². The van der Waals surface area contributed by atoms with Crippen molar-refractivity contribution in [2.45, 2.75) is 6.42 Å². The van der Waals surface area contributed by atoms with Gasteiger partial charge in [0, 0.05) is 29.1 Å². The maximum Gasteiger partial charge on any atom is 0.310 e. The van der Waals surface area contributed by atoms with Crippen LogP contribution >= 0.6 is 24.8 Å². The predicted molar refractivity (Wildman–Crippen MR) is 127 cm³/mol. The molecule has 0 atom stereocenters. The van der Waals surface area contributed by atoms with Crippen molar-refractivity contribution in [1.29, 1.82) is 10.8 Å². The summed E-state index contributed by atoms with van der Waals surface area (Å²) in [5.74, 6) is -0.407. The maximum atomic E-state index is 12.3. The summed E-state index contributed by atoms with van der Waals surface area (Å²) in [6, 6.07) is 12.6. The Morgan fingerprint density at radius 2 is 1.58 bits per heavy atom. The molecule has 0 fully saturated rings. The molecule has 0 aliphatic heterocycles. The molecular weight excluding hydrogens is 441 g/mol. The summed E-state index contributed by atoms with van der Waals surface area (Å²) in [4.78, 5) is 15.7. The molecule has 2 aromatic carbocycles. The average molecular weight is 466 g/mol. The number of aromatic amines is 1. The molecule has 7 N–H and O–H groups in total. The Balaban J connectivity index is 0.00000240. The van der Waals surface area contributed by atoms with Crippen LogP contribution in [0.15, 0.2) is 42.5 Å². The third-order valence-electron chi connectivity index (χ3n) is 4.57. The van der Waals surface area contributed by atoms with Gasteiger partial charge < -0.3 is 25.9 Å². The molecule has 0 radical (unpaired) electrons. The van der Waals surface area contributed by atoms with Gasteiger partial charge in [0.05, 0.1) is 18.7 Å². The minimum atomic E-state index is -0.361. The zero-order valence-electron chi connectivity index (χ0n) is 16.9. The van der Waals surface area contributed by atoms with E-state index >= 15 is 0 Å². The number of rotatable bonds is 8. The molecule has 0 amide bonds. The van der Waals surface area contributed by atoms with Crippen molar-refractivity contribution in [3.8, 4) is 11.3 Å². The quantitative estimate of drug-likeness (QED) is 0.150. The molecule has 0 saturated carbocycles. The largest absolute Gasteiger partial charge is 0.463 e. The Hall–Kier alpha value is -3.07. The minimum absolute atomic E-state index is 0. The predicted octanol–water partition coefficient (Wildman–Crippen LogP) is 2.98. The summed E-state index contributed by atoms with van der Waals surface area (Å²) in [5, 5.41) is 16.0. The second-order valence-electron chi connectivity index (χ2n) is 6.53. The van der Waals surface area contributed by atoms with Gasteiger partial charge in [-0.15, -0.1) is 24.8 Å².